The predicted molar refractivity (Wildman–Crippen MR) is 89.2 cm³/mol. The molecular weight excluding hydrogens is 284 g/mol. The number of nitrogens with one attached hydrogen (secondary N) is 2. The van der Waals surface area contributed by atoms with E-state index in [9.17, 15) is 8.42 Å². The van der Waals surface area contributed by atoms with Crippen molar-refractivity contribution in [3.63, 3.8) is 0 Å². The van der Waals surface area contributed by atoms with Crippen LogP contribution in [0.4, 0.5) is 11.4 Å². The van der Waals surface area contributed by atoms with Gasteiger partial charge in [0, 0.05) is 11.7 Å². The maximum atomic E-state index is 11.3. The highest BCUT2D eigenvalue weighted by molar-refractivity contribution is 7.92. The Morgan fingerprint density at radius 2 is 1.90 bits per heavy atom. The summed E-state index contributed by atoms with van der Waals surface area (Å²) in [6.45, 7) is 6.55. The molecule has 0 amide bonds. The second kappa shape index (κ2) is 6.26. The molecule has 1 aliphatic rings. The van der Waals surface area contributed by atoms with E-state index in [0.717, 1.165) is 17.2 Å². The van der Waals surface area contributed by atoms with E-state index in [0.29, 0.717) is 17.6 Å². The van der Waals surface area contributed by atoms with Crippen LogP contribution in [0, 0.1) is 18.8 Å². The number of hydrogen-bond acceptors (Lipinski definition) is 3. The van der Waals surface area contributed by atoms with Gasteiger partial charge in [0.15, 0.2) is 0 Å². The van der Waals surface area contributed by atoms with Gasteiger partial charge in [0.1, 0.15) is 0 Å². The summed E-state index contributed by atoms with van der Waals surface area (Å²) in [7, 11) is -3.23. The Balaban J connectivity index is 2.07. The number of hydrogen-bond donors (Lipinski definition) is 2. The summed E-state index contributed by atoms with van der Waals surface area (Å²) in [6, 6.07) is 6.30. The molecule has 3 unspecified atom stereocenters. The van der Waals surface area contributed by atoms with Crippen molar-refractivity contribution in [3.8, 4) is 0 Å². The average Bonchev–Trinajstić information content (AvgIpc) is 2.35. The van der Waals surface area contributed by atoms with Crippen LogP contribution in [0.25, 0.3) is 0 Å². The maximum absolute atomic E-state index is 11.3. The van der Waals surface area contributed by atoms with Gasteiger partial charge >= 0.3 is 0 Å². The summed E-state index contributed by atoms with van der Waals surface area (Å²) >= 11 is 0. The van der Waals surface area contributed by atoms with Gasteiger partial charge in [0.05, 0.1) is 11.9 Å². The van der Waals surface area contributed by atoms with Crippen molar-refractivity contribution in [2.75, 3.05) is 16.3 Å². The Morgan fingerprint density at radius 3 is 2.48 bits per heavy atom. The molecule has 4 nitrogen and oxygen atoms in total. The van der Waals surface area contributed by atoms with Crippen LogP contribution in [0.3, 0.4) is 0 Å². The first-order valence-corrected chi connectivity index (χ1v) is 9.48. The summed E-state index contributed by atoms with van der Waals surface area (Å²) < 4.78 is 25.1. The zero-order valence-corrected chi connectivity index (χ0v) is 14.1. The van der Waals surface area contributed by atoms with Crippen LogP contribution in [0.1, 0.15) is 38.7 Å². The zero-order chi connectivity index (χ0) is 15.6. The number of benzene rings is 1. The van der Waals surface area contributed by atoms with E-state index in [1.165, 1.54) is 25.5 Å². The molecule has 1 aromatic carbocycles. The minimum atomic E-state index is -3.23. The van der Waals surface area contributed by atoms with Crippen molar-refractivity contribution in [1.82, 2.24) is 0 Å². The normalized spacial score (nSPS) is 26.4. The molecule has 2 rings (SSSR count). The van der Waals surface area contributed by atoms with E-state index in [1.807, 2.05) is 25.1 Å². The predicted octanol–water partition coefficient (Wildman–Crippen LogP) is 3.60. The van der Waals surface area contributed by atoms with E-state index in [-0.39, 0.29) is 0 Å². The van der Waals surface area contributed by atoms with Gasteiger partial charge in [-0.25, -0.2) is 8.42 Å². The van der Waals surface area contributed by atoms with Crippen molar-refractivity contribution >= 4 is 21.4 Å². The van der Waals surface area contributed by atoms with Crippen molar-refractivity contribution in [2.24, 2.45) is 11.8 Å². The van der Waals surface area contributed by atoms with Gasteiger partial charge in [-0.3, -0.25) is 4.72 Å². The summed E-state index contributed by atoms with van der Waals surface area (Å²) in [5, 5.41) is 3.60. The molecule has 5 heteroatoms. The fourth-order valence-electron chi connectivity index (χ4n) is 3.16. The van der Waals surface area contributed by atoms with Gasteiger partial charge in [-0.2, -0.15) is 0 Å². The van der Waals surface area contributed by atoms with Crippen LogP contribution in [-0.2, 0) is 10.0 Å². The van der Waals surface area contributed by atoms with E-state index in [4.69, 9.17) is 0 Å². The molecule has 0 saturated heterocycles. The minimum Gasteiger partial charge on any atom is -0.382 e. The Labute approximate surface area is 128 Å². The van der Waals surface area contributed by atoms with Crippen LogP contribution in [0.15, 0.2) is 18.2 Å². The third kappa shape index (κ3) is 4.63. The summed E-state index contributed by atoms with van der Waals surface area (Å²) in [6.07, 6.45) is 4.91. The van der Waals surface area contributed by atoms with Crippen molar-refractivity contribution in [2.45, 2.75) is 46.1 Å². The van der Waals surface area contributed by atoms with Crippen LogP contribution >= 0.6 is 0 Å². The molecule has 2 N–H and O–H groups in total. The molecule has 0 heterocycles. The van der Waals surface area contributed by atoms with E-state index in [1.54, 1.807) is 0 Å². The minimum absolute atomic E-state index is 0.509. The first-order chi connectivity index (χ1) is 9.74. The first-order valence-electron chi connectivity index (χ1n) is 7.59. The van der Waals surface area contributed by atoms with Crippen LogP contribution in [0.2, 0.25) is 0 Å². The van der Waals surface area contributed by atoms with Crippen LogP contribution in [0.5, 0.6) is 0 Å². The Bertz CT molecular complexity index is 598. The topological polar surface area (TPSA) is 58.2 Å². The highest BCUT2D eigenvalue weighted by Crippen LogP contribution is 2.31. The van der Waals surface area contributed by atoms with Gasteiger partial charge in [-0.05, 0) is 61.8 Å². The smallest absolute Gasteiger partial charge is 0.229 e. The number of anilines is 2. The molecule has 0 spiro atoms. The lowest BCUT2D eigenvalue weighted by atomic mass is 9.80. The summed E-state index contributed by atoms with van der Waals surface area (Å²) in [4.78, 5) is 0. The SMILES string of the molecule is Cc1cc(NC2CCC(C)CC2C)ccc1NS(C)(=O)=O. The first kappa shape index (κ1) is 16.1. The van der Waals surface area contributed by atoms with Gasteiger partial charge in [-0.1, -0.05) is 13.8 Å². The largest absolute Gasteiger partial charge is 0.382 e. The summed E-state index contributed by atoms with van der Waals surface area (Å²) in [5.41, 5.74) is 2.65. The van der Waals surface area contributed by atoms with E-state index >= 15 is 0 Å². The number of sulfonamides is 1. The fourth-order valence-corrected chi connectivity index (χ4v) is 3.79. The Morgan fingerprint density at radius 1 is 1.19 bits per heavy atom. The Hall–Kier alpha value is -1.23. The molecule has 0 bridgehead atoms. The fraction of sp³-hybridized carbons (Fsp3) is 0.625. The highest BCUT2D eigenvalue weighted by Gasteiger charge is 2.25. The molecule has 0 aliphatic heterocycles. The highest BCUT2D eigenvalue weighted by atomic mass is 32.2. The number of aryl methyl sites for hydroxylation is 1. The molecule has 1 saturated carbocycles. The third-order valence-corrected chi connectivity index (χ3v) is 4.90. The third-order valence-electron chi connectivity index (χ3n) is 4.31. The quantitative estimate of drug-likeness (QED) is 0.893. The molecule has 1 aliphatic carbocycles. The molecule has 1 fully saturated rings. The molecule has 0 aromatic heterocycles. The monoisotopic (exact) mass is 310 g/mol. The molecule has 21 heavy (non-hydrogen) atoms. The molecular formula is C16H26N2O2S. The van der Waals surface area contributed by atoms with Gasteiger partial charge in [-0.15, -0.1) is 0 Å². The van der Waals surface area contributed by atoms with Crippen molar-refractivity contribution in [3.05, 3.63) is 23.8 Å². The molecule has 0 radical (unpaired) electrons. The summed E-state index contributed by atoms with van der Waals surface area (Å²) in [5.74, 6) is 1.49. The van der Waals surface area contributed by atoms with Gasteiger partial charge in [0.25, 0.3) is 0 Å². The number of rotatable bonds is 4. The van der Waals surface area contributed by atoms with Crippen LogP contribution < -0.4 is 10.0 Å². The van der Waals surface area contributed by atoms with Gasteiger partial charge in [0.2, 0.25) is 10.0 Å². The average molecular weight is 310 g/mol. The second-order valence-corrected chi connectivity index (χ2v) is 8.30. The lowest BCUT2D eigenvalue weighted by Crippen LogP contribution is -2.33. The lowest BCUT2D eigenvalue weighted by molar-refractivity contribution is 0.276. The van der Waals surface area contributed by atoms with Gasteiger partial charge < -0.3 is 5.32 Å². The molecule has 118 valence electrons. The van der Waals surface area contributed by atoms with Crippen molar-refractivity contribution in [1.29, 1.82) is 0 Å². The van der Waals surface area contributed by atoms with E-state index in [2.05, 4.69) is 23.9 Å². The van der Waals surface area contributed by atoms with E-state index < -0.39 is 10.0 Å². The second-order valence-electron chi connectivity index (χ2n) is 6.55. The standard InChI is InChI=1S/C16H26N2O2S/c1-11-5-7-15(12(2)9-11)17-14-6-8-16(13(3)10-14)18-21(4,19)20/h6,8,10-12,15,17-18H,5,7,9H2,1-4H3. The van der Waals surface area contributed by atoms with Crippen LogP contribution in [-0.4, -0.2) is 20.7 Å². The molecule has 3 atom stereocenters. The lowest BCUT2D eigenvalue weighted by Gasteiger charge is -2.34. The molecule has 1 aromatic rings. The van der Waals surface area contributed by atoms with Crippen molar-refractivity contribution < 1.29 is 8.42 Å². The maximum Gasteiger partial charge on any atom is 0.229 e. The Kier molecular flexibility index (Phi) is 4.81. The zero-order valence-electron chi connectivity index (χ0n) is 13.3.